The molecule has 0 bridgehead atoms. The second-order valence-electron chi connectivity index (χ2n) is 6.31. The minimum Gasteiger partial charge on any atom is -0.366 e. The minimum atomic E-state index is -3.52. The molecule has 3 N–H and O–H groups in total. The molecular formula is C19H22ClN3O4S. The van der Waals surface area contributed by atoms with Crippen LogP contribution in [-0.4, -0.2) is 33.0 Å². The number of sulfonamides is 1. The van der Waals surface area contributed by atoms with Crippen molar-refractivity contribution in [2.24, 2.45) is 5.73 Å². The topological polar surface area (TPSA) is 110 Å². The van der Waals surface area contributed by atoms with Crippen LogP contribution in [0.25, 0.3) is 0 Å². The molecule has 28 heavy (non-hydrogen) atoms. The van der Waals surface area contributed by atoms with Gasteiger partial charge < -0.3 is 11.1 Å². The number of nitrogens with one attached hydrogen (secondary N) is 1. The molecular weight excluding hydrogens is 402 g/mol. The van der Waals surface area contributed by atoms with Gasteiger partial charge in [0.25, 0.3) is 0 Å². The molecule has 0 heterocycles. The van der Waals surface area contributed by atoms with E-state index in [0.29, 0.717) is 33.9 Å². The van der Waals surface area contributed by atoms with E-state index in [0.717, 1.165) is 6.26 Å². The summed E-state index contributed by atoms with van der Waals surface area (Å²) in [5.74, 6) is -0.858. The number of carbonyl (C=O) groups excluding carboxylic acids is 2. The van der Waals surface area contributed by atoms with Crippen LogP contribution in [0.5, 0.6) is 0 Å². The number of carbonyl (C=O) groups is 2. The summed E-state index contributed by atoms with van der Waals surface area (Å²) >= 11 is 5.95. The molecule has 0 radical (unpaired) electrons. The van der Waals surface area contributed by atoms with Crippen molar-refractivity contribution in [1.29, 1.82) is 0 Å². The summed E-state index contributed by atoms with van der Waals surface area (Å²) in [5.41, 5.74) is 7.17. The maximum absolute atomic E-state index is 12.3. The van der Waals surface area contributed by atoms with Crippen molar-refractivity contribution in [3.05, 3.63) is 58.6 Å². The maximum Gasteiger partial charge on any atom is 0.249 e. The Hall–Kier alpha value is -2.58. The van der Waals surface area contributed by atoms with Crippen molar-refractivity contribution in [1.82, 2.24) is 0 Å². The standard InChI is InChI=1S/C19H22ClN3O4S/c1-13-16(19(21)25)8-4-9-17(13)22-18(24)10-5-11-23(28(2,26)27)15-7-3-6-14(20)12-15/h3-4,6-9,12H,5,10-11H2,1-2H3,(H2,21,25)(H,22,24). The Morgan fingerprint density at radius 3 is 2.46 bits per heavy atom. The molecule has 0 aliphatic carbocycles. The summed E-state index contributed by atoms with van der Waals surface area (Å²) in [4.78, 5) is 23.6. The molecule has 0 aliphatic rings. The monoisotopic (exact) mass is 423 g/mol. The zero-order chi connectivity index (χ0) is 20.9. The van der Waals surface area contributed by atoms with E-state index < -0.39 is 15.9 Å². The zero-order valence-corrected chi connectivity index (χ0v) is 17.2. The third-order valence-corrected chi connectivity index (χ3v) is 5.56. The highest BCUT2D eigenvalue weighted by Crippen LogP contribution is 2.23. The van der Waals surface area contributed by atoms with E-state index in [-0.39, 0.29) is 18.9 Å². The Balaban J connectivity index is 2.02. The SMILES string of the molecule is Cc1c(NC(=O)CCCN(c2cccc(Cl)c2)S(C)(=O)=O)cccc1C(N)=O. The van der Waals surface area contributed by atoms with Crippen molar-refractivity contribution in [2.45, 2.75) is 19.8 Å². The quantitative estimate of drug-likeness (QED) is 0.680. The first-order valence-corrected chi connectivity index (χ1v) is 10.7. The second kappa shape index (κ2) is 9.07. The lowest BCUT2D eigenvalue weighted by molar-refractivity contribution is -0.116. The first-order chi connectivity index (χ1) is 13.1. The highest BCUT2D eigenvalue weighted by Gasteiger charge is 2.18. The summed E-state index contributed by atoms with van der Waals surface area (Å²) in [6, 6.07) is 11.4. The molecule has 2 rings (SSSR count). The van der Waals surface area contributed by atoms with Crippen molar-refractivity contribution >= 4 is 44.8 Å². The summed E-state index contributed by atoms with van der Waals surface area (Å²) in [6.07, 6.45) is 1.51. The Morgan fingerprint density at radius 2 is 1.86 bits per heavy atom. The van der Waals surface area contributed by atoms with Crippen LogP contribution < -0.4 is 15.4 Å². The fourth-order valence-electron chi connectivity index (χ4n) is 2.75. The average Bonchev–Trinajstić information content (AvgIpc) is 2.59. The van der Waals surface area contributed by atoms with Gasteiger partial charge in [0.15, 0.2) is 0 Å². The van der Waals surface area contributed by atoms with Gasteiger partial charge in [-0.2, -0.15) is 0 Å². The van der Waals surface area contributed by atoms with Crippen LogP contribution in [0.1, 0.15) is 28.8 Å². The number of hydrogen-bond acceptors (Lipinski definition) is 4. The number of nitrogens with zero attached hydrogens (tertiary/aromatic N) is 1. The van der Waals surface area contributed by atoms with E-state index >= 15 is 0 Å². The van der Waals surface area contributed by atoms with Gasteiger partial charge in [0.1, 0.15) is 0 Å². The average molecular weight is 424 g/mol. The number of benzene rings is 2. The zero-order valence-electron chi connectivity index (χ0n) is 15.6. The van der Waals surface area contributed by atoms with Gasteiger partial charge in [-0.1, -0.05) is 23.7 Å². The summed E-state index contributed by atoms with van der Waals surface area (Å²) in [5, 5.41) is 3.16. The van der Waals surface area contributed by atoms with Gasteiger partial charge in [0.05, 0.1) is 11.9 Å². The molecule has 0 aliphatic heterocycles. The third-order valence-electron chi connectivity index (χ3n) is 4.13. The molecule has 2 aromatic carbocycles. The number of hydrogen-bond donors (Lipinski definition) is 2. The number of amides is 2. The molecule has 0 unspecified atom stereocenters. The van der Waals surface area contributed by atoms with Gasteiger partial charge in [-0.15, -0.1) is 0 Å². The molecule has 0 fully saturated rings. The van der Waals surface area contributed by atoms with Crippen LogP contribution >= 0.6 is 11.6 Å². The van der Waals surface area contributed by atoms with E-state index in [9.17, 15) is 18.0 Å². The number of anilines is 2. The van der Waals surface area contributed by atoms with Crippen molar-refractivity contribution in [3.8, 4) is 0 Å². The van der Waals surface area contributed by atoms with Gasteiger partial charge in [-0.05, 0) is 49.2 Å². The minimum absolute atomic E-state index is 0.104. The smallest absolute Gasteiger partial charge is 0.249 e. The lowest BCUT2D eigenvalue weighted by Crippen LogP contribution is -2.31. The molecule has 2 amide bonds. The maximum atomic E-state index is 12.3. The van der Waals surface area contributed by atoms with Crippen molar-refractivity contribution in [2.75, 3.05) is 22.4 Å². The molecule has 0 spiro atoms. The third kappa shape index (κ3) is 5.71. The Morgan fingerprint density at radius 1 is 1.18 bits per heavy atom. The molecule has 9 heteroatoms. The normalized spacial score (nSPS) is 11.1. The molecule has 7 nitrogen and oxygen atoms in total. The molecule has 0 atom stereocenters. The van der Waals surface area contributed by atoms with Crippen molar-refractivity contribution in [3.63, 3.8) is 0 Å². The highest BCUT2D eigenvalue weighted by molar-refractivity contribution is 7.92. The lowest BCUT2D eigenvalue weighted by atomic mass is 10.1. The summed E-state index contributed by atoms with van der Waals surface area (Å²) in [6.45, 7) is 1.83. The van der Waals surface area contributed by atoms with Crippen LogP contribution in [0, 0.1) is 6.92 Å². The van der Waals surface area contributed by atoms with Crippen LogP contribution in [0.4, 0.5) is 11.4 Å². The number of rotatable bonds is 8. The van der Waals surface area contributed by atoms with E-state index in [1.54, 1.807) is 49.4 Å². The largest absolute Gasteiger partial charge is 0.366 e. The van der Waals surface area contributed by atoms with E-state index in [1.807, 2.05) is 0 Å². The molecule has 0 saturated heterocycles. The fraction of sp³-hybridized carbons (Fsp3) is 0.263. The van der Waals surface area contributed by atoms with E-state index in [1.165, 1.54) is 4.31 Å². The van der Waals surface area contributed by atoms with E-state index in [2.05, 4.69) is 5.32 Å². The fourth-order valence-corrected chi connectivity index (χ4v) is 3.89. The van der Waals surface area contributed by atoms with Gasteiger partial charge in [0, 0.05) is 29.2 Å². The van der Waals surface area contributed by atoms with Crippen LogP contribution in [-0.2, 0) is 14.8 Å². The molecule has 150 valence electrons. The van der Waals surface area contributed by atoms with Gasteiger partial charge in [-0.3, -0.25) is 13.9 Å². The number of nitrogens with two attached hydrogens (primary N) is 1. The Kier molecular flexibility index (Phi) is 7.04. The van der Waals surface area contributed by atoms with Gasteiger partial charge in [0.2, 0.25) is 21.8 Å². The van der Waals surface area contributed by atoms with Crippen LogP contribution in [0.3, 0.4) is 0 Å². The van der Waals surface area contributed by atoms with Gasteiger partial charge in [-0.25, -0.2) is 8.42 Å². The van der Waals surface area contributed by atoms with Gasteiger partial charge >= 0.3 is 0 Å². The lowest BCUT2D eigenvalue weighted by Gasteiger charge is -2.22. The number of halogens is 1. The molecule has 2 aromatic rings. The Bertz CT molecular complexity index is 992. The molecule has 0 aromatic heterocycles. The summed E-state index contributed by atoms with van der Waals surface area (Å²) < 4.78 is 25.4. The first-order valence-electron chi connectivity index (χ1n) is 8.52. The van der Waals surface area contributed by atoms with Crippen LogP contribution in [0.2, 0.25) is 5.02 Å². The van der Waals surface area contributed by atoms with E-state index in [4.69, 9.17) is 17.3 Å². The predicted molar refractivity (Wildman–Crippen MR) is 111 cm³/mol. The number of primary amides is 1. The Labute approximate surface area is 169 Å². The van der Waals surface area contributed by atoms with Crippen molar-refractivity contribution < 1.29 is 18.0 Å². The highest BCUT2D eigenvalue weighted by atomic mass is 35.5. The second-order valence-corrected chi connectivity index (χ2v) is 8.65. The van der Waals surface area contributed by atoms with Crippen LogP contribution in [0.15, 0.2) is 42.5 Å². The summed E-state index contributed by atoms with van der Waals surface area (Å²) in [7, 11) is -3.52. The first kappa shape index (κ1) is 21.7. The molecule has 0 saturated carbocycles. The predicted octanol–water partition coefficient (Wildman–Crippen LogP) is 2.93.